The van der Waals surface area contributed by atoms with E-state index >= 15 is 0 Å². The van der Waals surface area contributed by atoms with Crippen LogP contribution >= 0.6 is 0 Å². The molecule has 6 nitrogen and oxygen atoms in total. The van der Waals surface area contributed by atoms with Crippen LogP contribution in [0.25, 0.3) is 0 Å². The highest BCUT2D eigenvalue weighted by Gasteiger charge is 2.64. The number of carbonyl (C=O) groups is 3. The quantitative estimate of drug-likeness (QED) is 0.759. The summed E-state index contributed by atoms with van der Waals surface area (Å²) in [4.78, 5) is 40.5. The van der Waals surface area contributed by atoms with Crippen molar-refractivity contribution in [1.29, 1.82) is 0 Å². The molecule has 0 saturated carbocycles. The standard InChI is InChI=1S/C22H19N3O3/c1-12-7-9-15(10-8-12)24-21(27)17-18(22(24)28)20-16-6-4-3-5-14(16)11-23-25(20)19(17)13(2)26/h3-11,17-20H,1-2H3/t17-,18-,19-,20-/m1/s1. The van der Waals surface area contributed by atoms with E-state index in [9.17, 15) is 14.4 Å². The van der Waals surface area contributed by atoms with Crippen LogP contribution in [0.4, 0.5) is 5.69 Å². The molecule has 4 atom stereocenters. The summed E-state index contributed by atoms with van der Waals surface area (Å²) in [7, 11) is 0. The van der Waals surface area contributed by atoms with Gasteiger partial charge in [0, 0.05) is 0 Å². The average molecular weight is 373 g/mol. The minimum absolute atomic E-state index is 0.152. The molecule has 2 saturated heterocycles. The Bertz CT molecular complexity index is 1040. The predicted octanol–water partition coefficient (Wildman–Crippen LogP) is 2.46. The molecule has 3 aliphatic heterocycles. The molecule has 0 N–H and O–H groups in total. The van der Waals surface area contributed by atoms with Crippen LogP contribution < -0.4 is 4.90 Å². The average Bonchev–Trinajstić information content (AvgIpc) is 3.16. The zero-order valence-electron chi connectivity index (χ0n) is 15.6. The first-order valence-corrected chi connectivity index (χ1v) is 9.35. The maximum Gasteiger partial charge on any atom is 0.240 e. The molecule has 2 amide bonds. The van der Waals surface area contributed by atoms with Crippen molar-refractivity contribution in [2.24, 2.45) is 16.9 Å². The normalized spacial score (nSPS) is 27.6. The third-order valence-electron chi connectivity index (χ3n) is 6.00. The minimum Gasteiger partial charge on any atom is -0.298 e. The molecule has 0 unspecified atom stereocenters. The highest BCUT2D eigenvalue weighted by molar-refractivity contribution is 6.24. The first kappa shape index (κ1) is 16.9. The molecular formula is C22H19N3O3. The Morgan fingerprint density at radius 2 is 1.64 bits per heavy atom. The largest absolute Gasteiger partial charge is 0.298 e. The van der Waals surface area contributed by atoms with Crippen molar-refractivity contribution in [2.45, 2.75) is 25.9 Å². The molecule has 0 bridgehead atoms. The Hall–Kier alpha value is -3.28. The second kappa shape index (κ2) is 5.86. The number of hydrazone groups is 1. The summed E-state index contributed by atoms with van der Waals surface area (Å²) in [6.45, 7) is 3.42. The second-order valence-corrected chi connectivity index (χ2v) is 7.65. The monoisotopic (exact) mass is 373 g/mol. The van der Waals surface area contributed by atoms with Crippen LogP contribution in [-0.4, -0.2) is 34.9 Å². The number of amides is 2. The van der Waals surface area contributed by atoms with Gasteiger partial charge in [-0.3, -0.25) is 19.4 Å². The lowest BCUT2D eigenvalue weighted by Gasteiger charge is -2.33. The zero-order chi connectivity index (χ0) is 19.6. The molecule has 2 aromatic carbocycles. The topological polar surface area (TPSA) is 70.0 Å². The first-order chi connectivity index (χ1) is 13.5. The lowest BCUT2D eigenvalue weighted by Crippen LogP contribution is -2.43. The number of fused-ring (bicyclic) bond motifs is 5. The molecule has 5 rings (SSSR count). The van der Waals surface area contributed by atoms with Crippen molar-refractivity contribution < 1.29 is 14.4 Å². The van der Waals surface area contributed by atoms with E-state index in [1.807, 2.05) is 43.3 Å². The molecule has 2 aromatic rings. The fraction of sp³-hybridized carbons (Fsp3) is 0.273. The number of carbonyl (C=O) groups excluding carboxylic acids is 3. The number of Topliss-reactive ketones (excluding diaryl/α,β-unsaturated/α-hetero) is 1. The number of hydrogen-bond donors (Lipinski definition) is 0. The maximum absolute atomic E-state index is 13.4. The van der Waals surface area contributed by atoms with Crippen molar-refractivity contribution in [3.63, 3.8) is 0 Å². The molecule has 6 heteroatoms. The summed E-state index contributed by atoms with van der Waals surface area (Å²) in [5, 5.41) is 6.13. The summed E-state index contributed by atoms with van der Waals surface area (Å²) in [5.74, 6) is -2.08. The van der Waals surface area contributed by atoms with Gasteiger partial charge in [-0.15, -0.1) is 0 Å². The molecule has 3 aliphatic rings. The summed E-state index contributed by atoms with van der Waals surface area (Å²) < 4.78 is 0. The summed E-state index contributed by atoms with van der Waals surface area (Å²) >= 11 is 0. The molecule has 0 spiro atoms. The first-order valence-electron chi connectivity index (χ1n) is 9.35. The van der Waals surface area contributed by atoms with E-state index in [4.69, 9.17) is 0 Å². The smallest absolute Gasteiger partial charge is 0.240 e. The molecule has 28 heavy (non-hydrogen) atoms. The molecule has 2 fully saturated rings. The third-order valence-corrected chi connectivity index (χ3v) is 6.00. The van der Waals surface area contributed by atoms with Gasteiger partial charge in [-0.1, -0.05) is 42.0 Å². The summed E-state index contributed by atoms with van der Waals surface area (Å²) in [6.07, 6.45) is 1.70. The van der Waals surface area contributed by atoms with Gasteiger partial charge in [0.2, 0.25) is 11.8 Å². The molecule has 140 valence electrons. The van der Waals surface area contributed by atoms with Gasteiger partial charge >= 0.3 is 0 Å². The van der Waals surface area contributed by atoms with Crippen molar-refractivity contribution in [3.8, 4) is 0 Å². The Kier molecular flexibility index (Phi) is 3.53. The fourth-order valence-corrected chi connectivity index (χ4v) is 4.77. The summed E-state index contributed by atoms with van der Waals surface area (Å²) in [6, 6.07) is 13.9. The van der Waals surface area contributed by atoms with Crippen molar-refractivity contribution in [3.05, 3.63) is 65.2 Å². The van der Waals surface area contributed by atoms with Gasteiger partial charge < -0.3 is 0 Å². The predicted molar refractivity (Wildman–Crippen MR) is 104 cm³/mol. The van der Waals surface area contributed by atoms with Gasteiger partial charge in [0.15, 0.2) is 5.78 Å². The third kappa shape index (κ3) is 2.14. The lowest BCUT2D eigenvalue weighted by molar-refractivity contribution is -0.129. The number of benzene rings is 2. The number of nitrogens with zero attached hydrogens (tertiary/aromatic N) is 3. The Morgan fingerprint density at radius 1 is 0.964 bits per heavy atom. The van der Waals surface area contributed by atoms with Gasteiger partial charge in [-0.2, -0.15) is 5.10 Å². The van der Waals surface area contributed by atoms with E-state index in [0.717, 1.165) is 16.7 Å². The fourth-order valence-electron chi connectivity index (χ4n) is 4.77. The SMILES string of the molecule is CC(=O)[C@@H]1[C@@H]2C(=O)N(c3ccc(C)cc3)C(=O)[C@H]2[C@H]2c3ccccc3C=NN12. The molecule has 0 aromatic heterocycles. The van der Waals surface area contributed by atoms with Crippen LogP contribution in [-0.2, 0) is 14.4 Å². The van der Waals surface area contributed by atoms with Crippen LogP contribution in [0.5, 0.6) is 0 Å². The minimum atomic E-state index is -0.730. The van der Waals surface area contributed by atoms with Crippen molar-refractivity contribution in [1.82, 2.24) is 5.01 Å². The lowest BCUT2D eigenvalue weighted by atomic mass is 9.84. The van der Waals surface area contributed by atoms with Crippen LogP contribution in [0.1, 0.15) is 29.7 Å². The number of anilines is 1. The van der Waals surface area contributed by atoms with E-state index < -0.39 is 23.9 Å². The van der Waals surface area contributed by atoms with Gasteiger partial charge in [0.05, 0.1) is 29.8 Å². The van der Waals surface area contributed by atoms with E-state index in [1.165, 1.54) is 11.8 Å². The number of imide groups is 1. The zero-order valence-corrected chi connectivity index (χ0v) is 15.6. The number of hydrogen-bond acceptors (Lipinski definition) is 5. The van der Waals surface area contributed by atoms with Crippen LogP contribution in [0.2, 0.25) is 0 Å². The highest BCUT2D eigenvalue weighted by Crippen LogP contribution is 2.52. The van der Waals surface area contributed by atoms with E-state index in [-0.39, 0.29) is 17.6 Å². The second-order valence-electron chi connectivity index (χ2n) is 7.65. The number of aryl methyl sites for hydroxylation is 1. The Balaban J connectivity index is 1.65. The Labute approximate surface area is 162 Å². The van der Waals surface area contributed by atoms with Gasteiger partial charge in [-0.05, 0) is 37.1 Å². The number of ketones is 1. The molecule has 0 aliphatic carbocycles. The van der Waals surface area contributed by atoms with Gasteiger partial charge in [0.25, 0.3) is 0 Å². The van der Waals surface area contributed by atoms with E-state index in [2.05, 4.69) is 5.10 Å². The van der Waals surface area contributed by atoms with Crippen molar-refractivity contribution in [2.75, 3.05) is 4.90 Å². The molecular weight excluding hydrogens is 354 g/mol. The van der Waals surface area contributed by atoms with Crippen molar-refractivity contribution >= 4 is 29.5 Å². The van der Waals surface area contributed by atoms with Gasteiger partial charge in [0.1, 0.15) is 6.04 Å². The van der Waals surface area contributed by atoms with E-state index in [0.29, 0.717) is 5.69 Å². The maximum atomic E-state index is 13.4. The molecule has 0 radical (unpaired) electrons. The van der Waals surface area contributed by atoms with Crippen LogP contribution in [0.3, 0.4) is 0 Å². The van der Waals surface area contributed by atoms with Crippen LogP contribution in [0, 0.1) is 18.8 Å². The van der Waals surface area contributed by atoms with Gasteiger partial charge in [-0.25, -0.2) is 4.90 Å². The van der Waals surface area contributed by atoms with E-state index in [1.54, 1.807) is 23.4 Å². The highest BCUT2D eigenvalue weighted by atomic mass is 16.2. The molecule has 3 heterocycles. The summed E-state index contributed by atoms with van der Waals surface area (Å²) in [5.41, 5.74) is 3.45. The number of rotatable bonds is 2. The van der Waals surface area contributed by atoms with Crippen LogP contribution in [0.15, 0.2) is 53.6 Å². The Morgan fingerprint density at radius 3 is 2.36 bits per heavy atom.